The fourth-order valence-corrected chi connectivity index (χ4v) is 2.84. The first-order valence-corrected chi connectivity index (χ1v) is 9.22. The van der Waals surface area contributed by atoms with E-state index >= 15 is 0 Å². The van der Waals surface area contributed by atoms with Crippen LogP contribution in [0.5, 0.6) is 17.2 Å². The summed E-state index contributed by atoms with van der Waals surface area (Å²) in [5.74, 6) is -2.30. The van der Waals surface area contributed by atoms with Crippen molar-refractivity contribution in [2.45, 2.75) is 6.36 Å². The smallest absolute Gasteiger partial charge is 0.573 e. The van der Waals surface area contributed by atoms with Crippen LogP contribution >= 0.6 is 22.6 Å². The van der Waals surface area contributed by atoms with Gasteiger partial charge in [0.15, 0.2) is 12.0 Å². The van der Waals surface area contributed by atoms with Gasteiger partial charge in [0.1, 0.15) is 28.5 Å². The van der Waals surface area contributed by atoms with Crippen molar-refractivity contribution in [3.63, 3.8) is 0 Å². The van der Waals surface area contributed by atoms with Gasteiger partial charge in [0, 0.05) is 9.64 Å². The second-order valence-electron chi connectivity index (χ2n) is 5.76. The topological polar surface area (TPSA) is 74.5 Å². The van der Waals surface area contributed by atoms with Crippen LogP contribution in [0.4, 0.5) is 23.2 Å². The minimum atomic E-state index is -4.84. The highest BCUT2D eigenvalue weighted by atomic mass is 127. The summed E-state index contributed by atoms with van der Waals surface area (Å²) in [4.78, 5) is 12.6. The third kappa shape index (κ3) is 5.49. The molecule has 0 radical (unpaired) electrons. The molecule has 1 aromatic heterocycles. The monoisotopic (exact) mass is 534 g/mol. The van der Waals surface area contributed by atoms with E-state index in [1.54, 1.807) is 22.6 Å². The normalized spacial score (nSPS) is 11.1. The Bertz CT molecular complexity index is 1080. The van der Waals surface area contributed by atoms with Crippen LogP contribution in [-0.4, -0.2) is 12.3 Å². The molecule has 0 aliphatic carbocycles. The minimum absolute atomic E-state index is 0.0521. The average molecular weight is 534 g/mol. The number of carbonyl (C=O) groups excluding carboxylic acids is 1. The van der Waals surface area contributed by atoms with E-state index in [1.807, 2.05) is 0 Å². The summed E-state index contributed by atoms with van der Waals surface area (Å²) < 4.78 is 61.3. The first kappa shape index (κ1) is 21.6. The molecule has 0 aliphatic heterocycles. The van der Waals surface area contributed by atoms with Crippen LogP contribution in [0, 0.1) is 14.6 Å². The molecule has 2 aromatic carbocycles. The lowest BCUT2D eigenvalue weighted by atomic mass is 10.1. The van der Waals surface area contributed by atoms with E-state index in [2.05, 4.69) is 10.1 Å². The standard InChI is InChI=1S/C19H11F4IN2O4/c20-17-14(24)7-8-15(16(17)18(27)25-11-2-1-9-26(28)10-11)29-12-3-5-13(6-4-12)30-19(21,22)23/h1-10H,(H,25,27). The van der Waals surface area contributed by atoms with E-state index in [4.69, 9.17) is 4.74 Å². The first-order chi connectivity index (χ1) is 14.1. The quantitative estimate of drug-likeness (QED) is 0.216. The molecule has 1 N–H and O–H groups in total. The molecule has 6 nitrogen and oxygen atoms in total. The molecule has 1 heterocycles. The molecule has 1 amide bonds. The molecular weight excluding hydrogens is 523 g/mol. The number of hydrogen-bond donors (Lipinski definition) is 1. The number of carbonyl (C=O) groups is 1. The van der Waals surface area contributed by atoms with E-state index in [1.165, 1.54) is 42.6 Å². The van der Waals surface area contributed by atoms with Crippen molar-refractivity contribution in [1.82, 2.24) is 0 Å². The lowest BCUT2D eigenvalue weighted by Gasteiger charge is -2.14. The Labute approximate surface area is 180 Å². The zero-order valence-electron chi connectivity index (χ0n) is 14.7. The lowest BCUT2D eigenvalue weighted by Crippen LogP contribution is -2.26. The van der Waals surface area contributed by atoms with E-state index in [0.717, 1.165) is 18.3 Å². The van der Waals surface area contributed by atoms with E-state index in [9.17, 15) is 27.6 Å². The van der Waals surface area contributed by atoms with Gasteiger partial charge < -0.3 is 20.0 Å². The van der Waals surface area contributed by atoms with Gasteiger partial charge in [0.05, 0.1) is 0 Å². The van der Waals surface area contributed by atoms with Gasteiger partial charge in [-0.05, 0) is 65.1 Å². The van der Waals surface area contributed by atoms with Gasteiger partial charge in [-0.2, -0.15) is 4.73 Å². The number of amides is 1. The number of aromatic nitrogens is 1. The number of halogens is 5. The van der Waals surface area contributed by atoms with Crippen LogP contribution in [-0.2, 0) is 0 Å². The number of alkyl halides is 3. The van der Waals surface area contributed by atoms with Gasteiger partial charge in [-0.15, -0.1) is 13.2 Å². The van der Waals surface area contributed by atoms with Crippen molar-refractivity contribution < 1.29 is 36.6 Å². The highest BCUT2D eigenvalue weighted by molar-refractivity contribution is 14.1. The molecule has 0 bridgehead atoms. The molecule has 0 spiro atoms. The van der Waals surface area contributed by atoms with Gasteiger partial charge in [-0.25, -0.2) is 4.39 Å². The van der Waals surface area contributed by atoms with Crippen molar-refractivity contribution in [2.24, 2.45) is 0 Å². The van der Waals surface area contributed by atoms with Crippen molar-refractivity contribution in [2.75, 3.05) is 5.32 Å². The number of nitrogens with zero attached hydrogens (tertiary/aromatic N) is 1. The molecule has 11 heteroatoms. The SMILES string of the molecule is O=C(Nc1ccc[n+]([O-])c1)c1c(Oc2ccc(OC(F)(F)F)cc2)ccc(I)c1F. The molecular formula is C19H11F4IN2O4. The number of anilines is 1. The van der Waals surface area contributed by atoms with Gasteiger partial charge in [-0.3, -0.25) is 4.79 Å². The molecule has 3 rings (SSSR count). The van der Waals surface area contributed by atoms with Crippen molar-refractivity contribution in [1.29, 1.82) is 0 Å². The molecule has 0 unspecified atom stereocenters. The maximum absolute atomic E-state index is 14.7. The minimum Gasteiger partial charge on any atom is -0.619 e. The fourth-order valence-electron chi connectivity index (χ4n) is 2.39. The van der Waals surface area contributed by atoms with Crippen LogP contribution in [0.25, 0.3) is 0 Å². The molecule has 0 aliphatic rings. The van der Waals surface area contributed by atoms with Crippen LogP contribution < -0.4 is 19.5 Å². The van der Waals surface area contributed by atoms with Crippen LogP contribution in [0.1, 0.15) is 10.4 Å². The maximum Gasteiger partial charge on any atom is 0.573 e. The Balaban J connectivity index is 1.87. The summed E-state index contributed by atoms with van der Waals surface area (Å²) in [6, 6.07) is 9.95. The summed E-state index contributed by atoms with van der Waals surface area (Å²) >= 11 is 1.70. The largest absolute Gasteiger partial charge is 0.619 e. The summed E-state index contributed by atoms with van der Waals surface area (Å²) in [5, 5.41) is 13.7. The predicted octanol–water partition coefficient (Wildman–Crippen LogP) is 5.01. The Morgan fingerprint density at radius 3 is 2.37 bits per heavy atom. The third-order valence-electron chi connectivity index (χ3n) is 3.60. The zero-order valence-corrected chi connectivity index (χ0v) is 16.9. The van der Waals surface area contributed by atoms with Crippen molar-refractivity contribution >= 4 is 34.2 Å². The highest BCUT2D eigenvalue weighted by Crippen LogP contribution is 2.32. The average Bonchev–Trinajstić information content (AvgIpc) is 2.65. The highest BCUT2D eigenvalue weighted by Gasteiger charge is 2.31. The van der Waals surface area contributed by atoms with Gasteiger partial charge >= 0.3 is 6.36 Å². The van der Waals surface area contributed by atoms with Crippen LogP contribution in [0.3, 0.4) is 0 Å². The zero-order chi connectivity index (χ0) is 21.9. The summed E-state index contributed by atoms with van der Waals surface area (Å²) in [6.07, 6.45) is -2.54. The molecule has 0 saturated carbocycles. The van der Waals surface area contributed by atoms with E-state index in [0.29, 0.717) is 4.73 Å². The van der Waals surface area contributed by atoms with Gasteiger partial charge in [-0.1, -0.05) is 0 Å². The summed E-state index contributed by atoms with van der Waals surface area (Å²) in [6.45, 7) is 0. The Morgan fingerprint density at radius 2 is 1.73 bits per heavy atom. The number of rotatable bonds is 5. The van der Waals surface area contributed by atoms with Gasteiger partial charge in [0.2, 0.25) is 6.20 Å². The lowest BCUT2D eigenvalue weighted by molar-refractivity contribution is -0.604. The summed E-state index contributed by atoms with van der Waals surface area (Å²) in [7, 11) is 0. The molecule has 0 fully saturated rings. The van der Waals surface area contributed by atoms with E-state index in [-0.39, 0.29) is 20.8 Å². The van der Waals surface area contributed by atoms with Crippen LogP contribution in [0.2, 0.25) is 0 Å². The molecule has 0 saturated heterocycles. The van der Waals surface area contributed by atoms with Crippen molar-refractivity contribution in [3.8, 4) is 17.2 Å². The number of benzene rings is 2. The molecule has 3 aromatic rings. The van der Waals surface area contributed by atoms with Crippen LogP contribution in [0.15, 0.2) is 60.9 Å². The number of hydrogen-bond acceptors (Lipinski definition) is 4. The fraction of sp³-hybridized carbons (Fsp3) is 0.0526. The Morgan fingerprint density at radius 1 is 1.07 bits per heavy atom. The van der Waals surface area contributed by atoms with Gasteiger partial charge in [0.25, 0.3) is 5.91 Å². The molecule has 156 valence electrons. The second kappa shape index (κ2) is 8.73. The molecule has 0 atom stereocenters. The maximum atomic E-state index is 14.7. The third-order valence-corrected chi connectivity index (χ3v) is 4.43. The second-order valence-corrected chi connectivity index (χ2v) is 6.92. The number of ether oxygens (including phenoxy) is 2. The number of pyridine rings is 1. The van der Waals surface area contributed by atoms with E-state index < -0.39 is 29.4 Å². The molecule has 30 heavy (non-hydrogen) atoms. The first-order valence-electron chi connectivity index (χ1n) is 8.14. The predicted molar refractivity (Wildman–Crippen MR) is 106 cm³/mol. The Hall–Kier alpha value is -3.09. The van der Waals surface area contributed by atoms with Crippen molar-refractivity contribution in [3.05, 3.63) is 81.1 Å². The summed E-state index contributed by atoms with van der Waals surface area (Å²) in [5.41, 5.74) is -0.297. The number of nitrogens with one attached hydrogen (secondary N) is 1. The Kier molecular flexibility index (Phi) is 6.29.